The standard InChI is InChI=1S/C26H33N5O2/c1-2-27-25(30-19-26(13-6-14-26)22-7-4-3-5-8-22)29-17-20-9-11-21(12-10-20)24(33)31-16-15-28-23(32)18-31/h3-5,7-12H,2,6,13-19H2,1H3,(H,28,32)(H2,27,29,30). The van der Waals surface area contributed by atoms with Crippen molar-refractivity contribution in [3.05, 3.63) is 71.3 Å². The van der Waals surface area contributed by atoms with E-state index in [2.05, 4.69) is 53.2 Å². The smallest absolute Gasteiger partial charge is 0.254 e. The van der Waals surface area contributed by atoms with Gasteiger partial charge in [0.05, 0.1) is 13.1 Å². The van der Waals surface area contributed by atoms with Crippen molar-refractivity contribution in [1.29, 1.82) is 0 Å². The number of hydrogen-bond acceptors (Lipinski definition) is 3. The first-order chi connectivity index (χ1) is 16.1. The number of piperazine rings is 1. The van der Waals surface area contributed by atoms with Crippen LogP contribution in [0.1, 0.15) is 47.7 Å². The quantitative estimate of drug-likeness (QED) is 0.450. The summed E-state index contributed by atoms with van der Waals surface area (Å²) in [5, 5.41) is 9.63. The van der Waals surface area contributed by atoms with E-state index in [1.165, 1.54) is 24.8 Å². The molecule has 0 radical (unpaired) electrons. The lowest BCUT2D eigenvalue weighted by molar-refractivity contribution is -0.123. The van der Waals surface area contributed by atoms with Crippen LogP contribution in [-0.2, 0) is 16.8 Å². The molecule has 2 fully saturated rings. The zero-order valence-electron chi connectivity index (χ0n) is 19.3. The van der Waals surface area contributed by atoms with Gasteiger partial charge in [0.1, 0.15) is 0 Å². The predicted molar refractivity (Wildman–Crippen MR) is 130 cm³/mol. The van der Waals surface area contributed by atoms with Crippen LogP contribution in [0.15, 0.2) is 59.6 Å². The van der Waals surface area contributed by atoms with Gasteiger partial charge in [-0.3, -0.25) is 9.59 Å². The van der Waals surface area contributed by atoms with Gasteiger partial charge in [-0.15, -0.1) is 0 Å². The van der Waals surface area contributed by atoms with Crippen molar-refractivity contribution < 1.29 is 9.59 Å². The third kappa shape index (κ3) is 5.53. The Labute approximate surface area is 195 Å². The highest BCUT2D eigenvalue weighted by molar-refractivity contribution is 5.97. The number of aliphatic imine (C=N–C) groups is 1. The Balaban J connectivity index is 1.36. The largest absolute Gasteiger partial charge is 0.357 e. The number of rotatable bonds is 7. The molecule has 2 aromatic rings. The average Bonchev–Trinajstić information content (AvgIpc) is 2.82. The highest BCUT2D eigenvalue weighted by Crippen LogP contribution is 2.43. The van der Waals surface area contributed by atoms with E-state index in [0.717, 1.165) is 24.6 Å². The second-order valence-corrected chi connectivity index (χ2v) is 8.82. The van der Waals surface area contributed by atoms with E-state index in [0.29, 0.717) is 25.2 Å². The summed E-state index contributed by atoms with van der Waals surface area (Å²) < 4.78 is 0. The van der Waals surface area contributed by atoms with Crippen molar-refractivity contribution in [1.82, 2.24) is 20.9 Å². The third-order valence-corrected chi connectivity index (χ3v) is 6.58. The number of guanidine groups is 1. The van der Waals surface area contributed by atoms with Crippen molar-refractivity contribution in [2.75, 3.05) is 32.7 Å². The number of nitrogens with one attached hydrogen (secondary N) is 3. The van der Waals surface area contributed by atoms with Crippen LogP contribution in [0.4, 0.5) is 0 Å². The van der Waals surface area contributed by atoms with E-state index in [4.69, 9.17) is 4.99 Å². The molecule has 0 atom stereocenters. The minimum atomic E-state index is -0.111. The Morgan fingerprint density at radius 1 is 1.09 bits per heavy atom. The molecule has 2 aliphatic rings. The normalized spacial score (nSPS) is 17.7. The molecule has 2 aromatic carbocycles. The van der Waals surface area contributed by atoms with E-state index >= 15 is 0 Å². The van der Waals surface area contributed by atoms with Crippen LogP contribution in [0.5, 0.6) is 0 Å². The van der Waals surface area contributed by atoms with Gasteiger partial charge in [-0.25, -0.2) is 4.99 Å². The summed E-state index contributed by atoms with van der Waals surface area (Å²) in [4.78, 5) is 30.5. The van der Waals surface area contributed by atoms with E-state index in [1.54, 1.807) is 4.90 Å². The number of nitrogens with zero attached hydrogens (tertiary/aromatic N) is 2. The second-order valence-electron chi connectivity index (χ2n) is 8.82. The van der Waals surface area contributed by atoms with Crippen molar-refractivity contribution in [2.45, 2.75) is 38.1 Å². The van der Waals surface area contributed by atoms with Crippen LogP contribution in [-0.4, -0.2) is 55.4 Å². The van der Waals surface area contributed by atoms with Gasteiger partial charge in [-0.05, 0) is 43.0 Å². The molecule has 0 bridgehead atoms. The molecule has 1 aliphatic heterocycles. The number of carbonyl (C=O) groups is 2. The fourth-order valence-corrected chi connectivity index (χ4v) is 4.48. The summed E-state index contributed by atoms with van der Waals surface area (Å²) in [6, 6.07) is 18.2. The topological polar surface area (TPSA) is 85.8 Å². The lowest BCUT2D eigenvalue weighted by atomic mass is 9.64. The SMILES string of the molecule is CCNC(=NCc1ccc(C(=O)N2CCNC(=O)C2)cc1)NCC1(c2ccccc2)CCC1. The summed E-state index contributed by atoms with van der Waals surface area (Å²) in [7, 11) is 0. The Bertz CT molecular complexity index is 984. The van der Waals surface area contributed by atoms with Crippen molar-refractivity contribution in [3.63, 3.8) is 0 Å². The monoisotopic (exact) mass is 447 g/mol. The molecule has 4 rings (SSSR count). The molecule has 0 spiro atoms. The van der Waals surface area contributed by atoms with Crippen LogP contribution in [0.2, 0.25) is 0 Å². The molecule has 1 heterocycles. The zero-order valence-corrected chi connectivity index (χ0v) is 19.3. The highest BCUT2D eigenvalue weighted by Gasteiger charge is 2.38. The summed E-state index contributed by atoms with van der Waals surface area (Å²) in [6.45, 7) is 5.40. The zero-order chi connectivity index (χ0) is 23.1. The third-order valence-electron chi connectivity index (χ3n) is 6.58. The summed E-state index contributed by atoms with van der Waals surface area (Å²) in [5.41, 5.74) is 3.20. The van der Waals surface area contributed by atoms with Crippen molar-refractivity contribution in [3.8, 4) is 0 Å². The minimum absolute atomic E-state index is 0.110. The molecule has 33 heavy (non-hydrogen) atoms. The number of benzene rings is 2. The maximum Gasteiger partial charge on any atom is 0.254 e. The molecule has 174 valence electrons. The van der Waals surface area contributed by atoms with Gasteiger partial charge in [-0.2, -0.15) is 0 Å². The molecule has 3 N–H and O–H groups in total. The Hall–Kier alpha value is -3.35. The Morgan fingerprint density at radius 2 is 1.85 bits per heavy atom. The Kier molecular flexibility index (Phi) is 7.27. The first-order valence-corrected chi connectivity index (χ1v) is 11.8. The summed E-state index contributed by atoms with van der Waals surface area (Å²) in [6.07, 6.45) is 3.65. The number of amides is 2. The van der Waals surface area contributed by atoms with Gasteiger partial charge >= 0.3 is 0 Å². The van der Waals surface area contributed by atoms with Gasteiger partial charge in [0.15, 0.2) is 5.96 Å². The fourth-order valence-electron chi connectivity index (χ4n) is 4.48. The van der Waals surface area contributed by atoms with Crippen LogP contribution in [0.3, 0.4) is 0 Å². The van der Waals surface area contributed by atoms with Gasteiger partial charge in [0.2, 0.25) is 5.91 Å². The average molecular weight is 448 g/mol. The molecular weight excluding hydrogens is 414 g/mol. The number of hydrogen-bond donors (Lipinski definition) is 3. The Morgan fingerprint density at radius 3 is 2.48 bits per heavy atom. The van der Waals surface area contributed by atoms with E-state index in [-0.39, 0.29) is 23.8 Å². The van der Waals surface area contributed by atoms with Gasteiger partial charge in [0, 0.05) is 37.2 Å². The van der Waals surface area contributed by atoms with Crippen LogP contribution in [0, 0.1) is 0 Å². The maximum absolute atomic E-state index is 12.6. The summed E-state index contributed by atoms with van der Waals surface area (Å²) in [5.74, 6) is 0.584. The molecule has 2 amide bonds. The van der Waals surface area contributed by atoms with Crippen LogP contribution >= 0.6 is 0 Å². The lowest BCUT2D eigenvalue weighted by Crippen LogP contribution is -2.49. The van der Waals surface area contributed by atoms with Gasteiger partial charge < -0.3 is 20.9 Å². The van der Waals surface area contributed by atoms with E-state index < -0.39 is 0 Å². The van der Waals surface area contributed by atoms with Crippen LogP contribution in [0.25, 0.3) is 0 Å². The maximum atomic E-state index is 12.6. The van der Waals surface area contributed by atoms with E-state index in [1.807, 2.05) is 24.3 Å². The predicted octanol–water partition coefficient (Wildman–Crippen LogP) is 2.44. The fraction of sp³-hybridized carbons (Fsp3) is 0.423. The molecule has 1 saturated heterocycles. The lowest BCUT2D eigenvalue weighted by Gasteiger charge is -2.43. The molecule has 1 saturated carbocycles. The minimum Gasteiger partial charge on any atom is -0.357 e. The molecular formula is C26H33N5O2. The molecule has 0 unspecified atom stereocenters. The van der Waals surface area contributed by atoms with Crippen molar-refractivity contribution >= 4 is 17.8 Å². The summed E-state index contributed by atoms with van der Waals surface area (Å²) >= 11 is 0. The van der Waals surface area contributed by atoms with Gasteiger partial charge in [0.25, 0.3) is 5.91 Å². The molecule has 0 aromatic heterocycles. The molecule has 7 nitrogen and oxygen atoms in total. The number of carbonyl (C=O) groups excluding carboxylic acids is 2. The molecule has 7 heteroatoms. The molecule has 1 aliphatic carbocycles. The van der Waals surface area contributed by atoms with E-state index in [9.17, 15) is 9.59 Å². The van der Waals surface area contributed by atoms with Crippen molar-refractivity contribution in [2.24, 2.45) is 4.99 Å². The first-order valence-electron chi connectivity index (χ1n) is 11.8. The first kappa shape index (κ1) is 22.8. The second kappa shape index (κ2) is 10.5. The van der Waals surface area contributed by atoms with Gasteiger partial charge in [-0.1, -0.05) is 48.9 Å². The highest BCUT2D eigenvalue weighted by atomic mass is 16.2. The van der Waals surface area contributed by atoms with Crippen LogP contribution < -0.4 is 16.0 Å².